The molecule has 0 saturated carbocycles. The van der Waals surface area contributed by atoms with Crippen LogP contribution in [0.5, 0.6) is 0 Å². The Morgan fingerprint density at radius 2 is 2.12 bits per heavy atom. The third-order valence-corrected chi connectivity index (χ3v) is 6.70. The fraction of sp³-hybridized carbons (Fsp3) is 0.143. The van der Waals surface area contributed by atoms with Crippen LogP contribution in [0.1, 0.15) is 16.8 Å². The molecule has 0 fully saturated rings. The van der Waals surface area contributed by atoms with E-state index in [1.165, 1.54) is 28.1 Å². The second-order valence-electron chi connectivity index (χ2n) is 6.85. The molecule has 1 amide bonds. The highest BCUT2D eigenvalue weighted by molar-refractivity contribution is 7.99. The van der Waals surface area contributed by atoms with Crippen LogP contribution in [0.15, 0.2) is 46.9 Å². The van der Waals surface area contributed by atoms with Gasteiger partial charge in [0, 0.05) is 5.69 Å². The quantitative estimate of drug-likeness (QED) is 0.329. The minimum Gasteiger partial charge on any atom is -0.335 e. The minimum absolute atomic E-state index is 0.00291. The molecule has 0 unspecified atom stereocenters. The molecule has 0 bridgehead atoms. The van der Waals surface area contributed by atoms with E-state index < -0.39 is 5.82 Å². The number of rotatable bonds is 6. The van der Waals surface area contributed by atoms with Gasteiger partial charge in [0.15, 0.2) is 5.82 Å². The van der Waals surface area contributed by atoms with E-state index in [9.17, 15) is 14.4 Å². The second-order valence-corrected chi connectivity index (χ2v) is 8.74. The van der Waals surface area contributed by atoms with E-state index in [-0.39, 0.29) is 11.7 Å². The van der Waals surface area contributed by atoms with Gasteiger partial charge in [0.05, 0.1) is 21.9 Å². The third kappa shape index (κ3) is 3.98. The molecular formula is C21H18FN7OS2. The first kappa shape index (κ1) is 21.6. The summed E-state index contributed by atoms with van der Waals surface area (Å²) in [6, 6.07) is 11.9. The maximum Gasteiger partial charge on any atom is 0.236 e. The molecule has 0 aliphatic rings. The smallest absolute Gasteiger partial charge is 0.236 e. The van der Waals surface area contributed by atoms with Crippen molar-refractivity contribution in [3.8, 4) is 22.5 Å². The van der Waals surface area contributed by atoms with E-state index in [1.54, 1.807) is 23.6 Å². The topological polar surface area (TPSA) is 115 Å². The van der Waals surface area contributed by atoms with E-state index in [4.69, 9.17) is 5.84 Å². The zero-order chi connectivity index (χ0) is 22.8. The van der Waals surface area contributed by atoms with E-state index in [2.05, 4.69) is 21.6 Å². The molecule has 4 aromatic rings. The predicted molar refractivity (Wildman–Crippen MR) is 123 cm³/mol. The number of nitrogen functional groups attached to an aromatic ring is 1. The summed E-state index contributed by atoms with van der Waals surface area (Å²) in [5, 5.41) is 22.9. The van der Waals surface area contributed by atoms with Crippen molar-refractivity contribution in [2.45, 2.75) is 19.0 Å². The maximum atomic E-state index is 13.8. The van der Waals surface area contributed by atoms with Gasteiger partial charge in [-0.2, -0.15) is 5.26 Å². The van der Waals surface area contributed by atoms with E-state index in [1.807, 2.05) is 24.4 Å². The number of nitrogens with zero attached hydrogens (tertiary/aromatic N) is 5. The van der Waals surface area contributed by atoms with Gasteiger partial charge in [0.2, 0.25) is 11.1 Å². The number of thioether (sulfide) groups is 1. The lowest BCUT2D eigenvalue weighted by Gasteiger charge is -2.13. The van der Waals surface area contributed by atoms with Gasteiger partial charge in [0.1, 0.15) is 17.7 Å². The van der Waals surface area contributed by atoms with Gasteiger partial charge in [-0.3, -0.25) is 9.36 Å². The van der Waals surface area contributed by atoms with Crippen molar-refractivity contribution >= 4 is 34.8 Å². The lowest BCUT2D eigenvalue weighted by Crippen LogP contribution is -2.19. The number of hydrogen-bond donors (Lipinski definition) is 2. The van der Waals surface area contributed by atoms with E-state index >= 15 is 0 Å². The summed E-state index contributed by atoms with van der Waals surface area (Å²) in [5.74, 6) is 6.12. The summed E-state index contributed by atoms with van der Waals surface area (Å²) in [5.41, 5.74) is 2.28. The highest BCUT2D eigenvalue weighted by Crippen LogP contribution is 2.31. The van der Waals surface area contributed by atoms with Gasteiger partial charge >= 0.3 is 0 Å². The van der Waals surface area contributed by atoms with Crippen molar-refractivity contribution in [2.75, 3.05) is 16.9 Å². The van der Waals surface area contributed by atoms with Crippen LogP contribution in [-0.4, -0.2) is 31.1 Å². The number of hydrogen-bond acceptors (Lipinski definition) is 7. The average molecular weight is 468 g/mol. The van der Waals surface area contributed by atoms with Crippen molar-refractivity contribution < 1.29 is 9.18 Å². The first-order valence-electron chi connectivity index (χ1n) is 9.45. The minimum atomic E-state index is -0.414. The zero-order valence-electron chi connectivity index (χ0n) is 17.2. The van der Waals surface area contributed by atoms with Crippen molar-refractivity contribution in [2.24, 2.45) is 0 Å². The van der Waals surface area contributed by atoms with E-state index in [0.29, 0.717) is 33.6 Å². The van der Waals surface area contributed by atoms with Crippen LogP contribution < -0.4 is 11.2 Å². The monoisotopic (exact) mass is 467 g/mol. The molecule has 0 atom stereocenters. The molecule has 4 rings (SSSR count). The standard InChI is InChI=1S/C21H18FN7OS2/c1-12-13(2)28(15-6-3-5-14(22)9-15)19(16(12)10-23)25-18(30)11-32-21-27-26-20(29(21)24)17-7-4-8-31-17/h3-9H,11,24H2,1-2H3,(H,25,30). The fourth-order valence-corrected chi connectivity index (χ4v) is 4.61. The molecule has 8 nitrogen and oxygen atoms in total. The number of benzene rings is 1. The van der Waals surface area contributed by atoms with Gasteiger partial charge in [-0.1, -0.05) is 23.9 Å². The Kier molecular flexibility index (Phi) is 5.98. The third-order valence-electron chi connectivity index (χ3n) is 4.89. The number of nitrogens with one attached hydrogen (secondary N) is 1. The molecule has 0 aliphatic carbocycles. The van der Waals surface area contributed by atoms with Crippen LogP contribution in [0, 0.1) is 31.0 Å². The Morgan fingerprint density at radius 3 is 2.81 bits per heavy atom. The summed E-state index contributed by atoms with van der Waals surface area (Å²) < 4.78 is 16.8. The Labute approximate surface area is 191 Å². The van der Waals surface area contributed by atoms with Crippen LogP contribution in [0.2, 0.25) is 0 Å². The number of amides is 1. The average Bonchev–Trinajstić information content (AvgIpc) is 3.47. The maximum absolute atomic E-state index is 13.8. The van der Waals surface area contributed by atoms with Crippen LogP contribution in [-0.2, 0) is 4.79 Å². The Bertz CT molecular complexity index is 1340. The molecule has 1 aromatic carbocycles. The lowest BCUT2D eigenvalue weighted by atomic mass is 10.2. The normalized spacial score (nSPS) is 10.8. The number of nitrogens with two attached hydrogens (primary N) is 1. The van der Waals surface area contributed by atoms with Crippen LogP contribution in [0.25, 0.3) is 16.4 Å². The van der Waals surface area contributed by atoms with Crippen molar-refractivity contribution in [3.63, 3.8) is 0 Å². The fourth-order valence-electron chi connectivity index (χ4n) is 3.25. The molecule has 0 aliphatic heterocycles. The number of nitriles is 1. The lowest BCUT2D eigenvalue weighted by molar-refractivity contribution is -0.113. The first-order valence-corrected chi connectivity index (χ1v) is 11.3. The number of carbonyl (C=O) groups is 1. The molecule has 0 saturated heterocycles. The van der Waals surface area contributed by atoms with Crippen LogP contribution in [0.4, 0.5) is 10.2 Å². The number of carbonyl (C=O) groups excluding carboxylic acids is 1. The molecule has 3 heterocycles. The first-order chi connectivity index (χ1) is 15.4. The van der Waals surface area contributed by atoms with Gasteiger partial charge in [-0.25, -0.2) is 9.07 Å². The molecule has 0 spiro atoms. The summed E-state index contributed by atoms with van der Waals surface area (Å²) in [4.78, 5) is 13.6. The second kappa shape index (κ2) is 8.86. The van der Waals surface area contributed by atoms with Gasteiger partial charge < -0.3 is 11.2 Å². The summed E-state index contributed by atoms with van der Waals surface area (Å²) in [6.07, 6.45) is 0. The van der Waals surface area contributed by atoms with Crippen LogP contribution >= 0.6 is 23.1 Å². The molecular weight excluding hydrogens is 449 g/mol. The summed E-state index contributed by atoms with van der Waals surface area (Å²) in [7, 11) is 0. The number of halogens is 1. The van der Waals surface area contributed by atoms with Gasteiger partial charge in [-0.15, -0.1) is 21.5 Å². The zero-order valence-corrected chi connectivity index (χ0v) is 18.8. The Hall–Kier alpha value is -3.62. The number of anilines is 1. The molecule has 3 aromatic heterocycles. The highest BCUT2D eigenvalue weighted by Gasteiger charge is 2.22. The highest BCUT2D eigenvalue weighted by atomic mass is 32.2. The molecule has 3 N–H and O–H groups in total. The summed E-state index contributed by atoms with van der Waals surface area (Å²) in [6.45, 7) is 3.60. The largest absolute Gasteiger partial charge is 0.335 e. The molecule has 0 radical (unpaired) electrons. The SMILES string of the molecule is Cc1c(C#N)c(NC(=O)CSc2nnc(-c3cccs3)n2N)n(-c2cccc(F)c2)c1C. The molecule has 162 valence electrons. The molecule has 32 heavy (non-hydrogen) atoms. The Morgan fingerprint density at radius 1 is 1.31 bits per heavy atom. The van der Waals surface area contributed by atoms with E-state index in [0.717, 1.165) is 22.3 Å². The molecule has 11 heteroatoms. The van der Waals surface area contributed by atoms with Crippen molar-refractivity contribution in [1.82, 2.24) is 19.4 Å². The van der Waals surface area contributed by atoms with Crippen LogP contribution in [0.3, 0.4) is 0 Å². The Balaban J connectivity index is 1.56. The van der Waals surface area contributed by atoms with Gasteiger partial charge in [0.25, 0.3) is 0 Å². The van der Waals surface area contributed by atoms with Crippen molar-refractivity contribution in [1.29, 1.82) is 5.26 Å². The predicted octanol–water partition coefficient (Wildman–Crippen LogP) is 3.87. The summed E-state index contributed by atoms with van der Waals surface area (Å²) >= 11 is 2.61. The number of thiophene rings is 1. The van der Waals surface area contributed by atoms with Crippen molar-refractivity contribution in [3.05, 3.63) is 64.4 Å². The number of aromatic nitrogens is 4. The van der Waals surface area contributed by atoms with Gasteiger partial charge in [-0.05, 0) is 49.1 Å².